The Balaban J connectivity index is 1.41. The van der Waals surface area contributed by atoms with Crippen LogP contribution in [0.2, 0.25) is 0 Å². The number of nitrogens with zero attached hydrogens (tertiary/aromatic N) is 5. The molecule has 1 aliphatic rings. The zero-order valence-corrected chi connectivity index (χ0v) is 22.5. The highest BCUT2D eigenvalue weighted by atomic mass is 32.2. The van der Waals surface area contributed by atoms with Crippen molar-refractivity contribution >= 4 is 26.9 Å². The minimum Gasteiger partial charge on any atom is -0.457 e. The molecule has 2 aromatic heterocycles. The molecule has 9 nitrogen and oxygen atoms in total. The summed E-state index contributed by atoms with van der Waals surface area (Å²) in [7, 11) is -3.32. The normalized spacial score (nSPS) is 16.6. The Kier molecular flexibility index (Phi) is 7.90. The minimum atomic E-state index is -3.32. The van der Waals surface area contributed by atoms with E-state index < -0.39 is 10.0 Å². The molecule has 4 aromatic rings. The zero-order chi connectivity index (χ0) is 26.5. The summed E-state index contributed by atoms with van der Waals surface area (Å²) >= 11 is 0. The first-order valence-corrected chi connectivity index (χ1v) is 14.9. The predicted octanol–water partition coefficient (Wildman–Crippen LogP) is 5.41. The van der Waals surface area contributed by atoms with Gasteiger partial charge in [0.2, 0.25) is 10.0 Å². The summed E-state index contributed by atoms with van der Waals surface area (Å²) in [4.78, 5) is 8.72. The minimum absolute atomic E-state index is 0.139. The van der Waals surface area contributed by atoms with Gasteiger partial charge < -0.3 is 10.5 Å². The van der Waals surface area contributed by atoms with Crippen molar-refractivity contribution in [3.63, 3.8) is 0 Å². The second kappa shape index (κ2) is 11.5. The third-order valence-electron chi connectivity index (χ3n) is 6.98. The van der Waals surface area contributed by atoms with Crippen LogP contribution < -0.4 is 10.5 Å². The van der Waals surface area contributed by atoms with Crippen LogP contribution in [0.3, 0.4) is 0 Å². The Morgan fingerprint density at radius 2 is 1.76 bits per heavy atom. The Morgan fingerprint density at radius 3 is 2.53 bits per heavy atom. The molecule has 0 amide bonds. The van der Waals surface area contributed by atoms with Crippen molar-refractivity contribution in [3.05, 3.63) is 60.9 Å². The van der Waals surface area contributed by atoms with Gasteiger partial charge in [-0.3, -0.25) is 0 Å². The van der Waals surface area contributed by atoms with Gasteiger partial charge >= 0.3 is 0 Å². The van der Waals surface area contributed by atoms with Gasteiger partial charge in [0.05, 0.1) is 17.2 Å². The molecule has 1 fully saturated rings. The summed E-state index contributed by atoms with van der Waals surface area (Å²) in [6, 6.07) is 17.1. The third-order valence-corrected chi connectivity index (χ3v) is 8.90. The van der Waals surface area contributed by atoms with E-state index in [4.69, 9.17) is 15.6 Å². The number of piperidine rings is 1. The standard InChI is InChI=1S/C28H34N6O3S/c1-2-3-4-8-18-38(35,36)33-17-9-10-22(19-33)34-28-25(27(29)30-20-31-28)26(32-34)21-13-15-24(16-14-21)37-23-11-6-5-7-12-23/h5-7,11-16,20,22H,2-4,8-10,17-19H2,1H3,(H2,29,30,31). The molecule has 10 heteroatoms. The molecule has 200 valence electrons. The summed E-state index contributed by atoms with van der Waals surface area (Å²) < 4.78 is 35.5. The van der Waals surface area contributed by atoms with Crippen molar-refractivity contribution in [2.24, 2.45) is 0 Å². The van der Waals surface area contributed by atoms with Gasteiger partial charge in [-0.05, 0) is 55.7 Å². The topological polar surface area (TPSA) is 116 Å². The van der Waals surface area contributed by atoms with Crippen LogP contribution in [0.1, 0.15) is 51.5 Å². The Labute approximate surface area is 223 Å². The molecule has 2 aromatic carbocycles. The fraction of sp³-hybridized carbons (Fsp3) is 0.393. The SMILES string of the molecule is CCCCCCS(=O)(=O)N1CCCC(n2nc(-c3ccc(Oc4ccccc4)cc3)c3c(N)ncnc32)C1. The number of rotatable bonds is 10. The maximum atomic E-state index is 13.1. The molecule has 5 rings (SSSR count). The van der Waals surface area contributed by atoms with Gasteiger partial charge in [-0.1, -0.05) is 44.4 Å². The lowest BCUT2D eigenvalue weighted by atomic mass is 10.1. The molecule has 0 saturated carbocycles. The number of para-hydroxylation sites is 1. The Hall–Kier alpha value is -3.50. The first-order chi connectivity index (χ1) is 18.5. The zero-order valence-electron chi connectivity index (χ0n) is 21.7. The van der Waals surface area contributed by atoms with Crippen LogP contribution >= 0.6 is 0 Å². The average molecular weight is 535 g/mol. The van der Waals surface area contributed by atoms with Crippen LogP contribution in [0.4, 0.5) is 5.82 Å². The van der Waals surface area contributed by atoms with Gasteiger partial charge in [0.25, 0.3) is 0 Å². The number of nitrogen functional groups attached to an aromatic ring is 1. The van der Waals surface area contributed by atoms with Gasteiger partial charge in [-0.25, -0.2) is 23.1 Å². The summed E-state index contributed by atoms with van der Waals surface area (Å²) in [5.74, 6) is 2.00. The quantitative estimate of drug-likeness (QED) is 0.270. The monoisotopic (exact) mass is 534 g/mol. The van der Waals surface area contributed by atoms with E-state index in [0.29, 0.717) is 47.8 Å². The van der Waals surface area contributed by atoms with Crippen LogP contribution in [0.25, 0.3) is 22.3 Å². The fourth-order valence-corrected chi connectivity index (χ4v) is 6.60. The number of aromatic nitrogens is 4. The van der Waals surface area contributed by atoms with E-state index in [0.717, 1.165) is 43.4 Å². The number of nitrogens with two attached hydrogens (primary N) is 1. The van der Waals surface area contributed by atoms with Crippen molar-refractivity contribution < 1.29 is 13.2 Å². The predicted molar refractivity (Wildman–Crippen MR) is 149 cm³/mol. The van der Waals surface area contributed by atoms with Gasteiger partial charge in [-0.2, -0.15) is 9.40 Å². The van der Waals surface area contributed by atoms with E-state index in [1.165, 1.54) is 6.33 Å². The van der Waals surface area contributed by atoms with Crippen LogP contribution in [0, 0.1) is 0 Å². The van der Waals surface area contributed by atoms with E-state index in [2.05, 4.69) is 16.9 Å². The molecular formula is C28H34N6O3S. The van der Waals surface area contributed by atoms with E-state index >= 15 is 0 Å². The molecule has 3 heterocycles. The van der Waals surface area contributed by atoms with Crippen LogP contribution in [0.15, 0.2) is 60.9 Å². The molecule has 1 atom stereocenters. The van der Waals surface area contributed by atoms with Crippen molar-refractivity contribution in [3.8, 4) is 22.8 Å². The molecule has 1 aliphatic heterocycles. The maximum Gasteiger partial charge on any atom is 0.214 e. The largest absolute Gasteiger partial charge is 0.457 e. The number of sulfonamides is 1. The number of fused-ring (bicyclic) bond motifs is 1. The number of ether oxygens (including phenoxy) is 1. The fourth-order valence-electron chi connectivity index (χ4n) is 4.97. The van der Waals surface area contributed by atoms with Crippen LogP contribution in [-0.4, -0.2) is 51.3 Å². The molecule has 1 saturated heterocycles. The lowest BCUT2D eigenvalue weighted by molar-refractivity contribution is 0.257. The second-order valence-electron chi connectivity index (χ2n) is 9.72. The molecule has 2 N–H and O–H groups in total. The molecule has 0 radical (unpaired) electrons. The lowest BCUT2D eigenvalue weighted by Crippen LogP contribution is -2.42. The summed E-state index contributed by atoms with van der Waals surface area (Å²) in [5, 5.41) is 5.60. The van der Waals surface area contributed by atoms with E-state index in [-0.39, 0.29) is 11.8 Å². The van der Waals surface area contributed by atoms with Gasteiger partial charge in [0, 0.05) is 18.7 Å². The summed E-state index contributed by atoms with van der Waals surface area (Å²) in [5.41, 5.74) is 8.45. The smallest absolute Gasteiger partial charge is 0.214 e. The molecule has 0 spiro atoms. The molecule has 1 unspecified atom stereocenters. The van der Waals surface area contributed by atoms with Crippen molar-refractivity contribution in [1.29, 1.82) is 0 Å². The number of unbranched alkanes of at least 4 members (excludes halogenated alkanes) is 3. The summed E-state index contributed by atoms with van der Waals surface area (Å²) in [6.07, 6.45) is 6.77. The third kappa shape index (κ3) is 5.66. The number of hydrogen-bond donors (Lipinski definition) is 1. The summed E-state index contributed by atoms with van der Waals surface area (Å²) in [6.45, 7) is 3.04. The van der Waals surface area contributed by atoms with E-state index in [9.17, 15) is 8.42 Å². The number of anilines is 1. The van der Waals surface area contributed by atoms with Gasteiger partial charge in [-0.15, -0.1) is 0 Å². The Morgan fingerprint density at radius 1 is 1.00 bits per heavy atom. The Bertz CT molecular complexity index is 1470. The lowest BCUT2D eigenvalue weighted by Gasteiger charge is -2.32. The average Bonchev–Trinajstić information content (AvgIpc) is 3.33. The van der Waals surface area contributed by atoms with Crippen LogP contribution in [-0.2, 0) is 10.0 Å². The highest BCUT2D eigenvalue weighted by Gasteiger charge is 2.32. The van der Waals surface area contributed by atoms with Crippen molar-refractivity contribution in [1.82, 2.24) is 24.1 Å². The van der Waals surface area contributed by atoms with Crippen LogP contribution in [0.5, 0.6) is 11.5 Å². The number of hydrogen-bond acceptors (Lipinski definition) is 7. The van der Waals surface area contributed by atoms with Crippen molar-refractivity contribution in [2.75, 3.05) is 24.6 Å². The maximum absolute atomic E-state index is 13.1. The van der Waals surface area contributed by atoms with Gasteiger partial charge in [0.15, 0.2) is 5.65 Å². The first-order valence-electron chi connectivity index (χ1n) is 13.3. The number of benzene rings is 2. The molecule has 0 aliphatic carbocycles. The molecule has 0 bridgehead atoms. The first kappa shape index (κ1) is 26.1. The highest BCUT2D eigenvalue weighted by molar-refractivity contribution is 7.89. The molecular weight excluding hydrogens is 500 g/mol. The van der Waals surface area contributed by atoms with E-state index in [1.54, 1.807) is 4.31 Å². The second-order valence-corrected chi connectivity index (χ2v) is 11.8. The van der Waals surface area contributed by atoms with Crippen molar-refractivity contribution in [2.45, 2.75) is 51.5 Å². The molecule has 38 heavy (non-hydrogen) atoms. The van der Waals surface area contributed by atoms with E-state index in [1.807, 2.05) is 59.3 Å². The highest BCUT2D eigenvalue weighted by Crippen LogP contribution is 2.35. The van der Waals surface area contributed by atoms with Gasteiger partial charge in [0.1, 0.15) is 29.3 Å².